The summed E-state index contributed by atoms with van der Waals surface area (Å²) in [5, 5.41) is 15.4. The maximum absolute atomic E-state index is 12.6. The number of para-hydroxylation sites is 1. The SMILES string of the molecule is COC(=O)SC[C@H](NC(=O)OCc1ccccc1)[C@H]1c2[nH]c3ccccc3c2CCN1O. The summed E-state index contributed by atoms with van der Waals surface area (Å²) in [6, 6.07) is 16.1. The Morgan fingerprint density at radius 1 is 1.22 bits per heavy atom. The van der Waals surface area contributed by atoms with Crippen molar-refractivity contribution in [3.63, 3.8) is 0 Å². The first-order valence-electron chi connectivity index (χ1n) is 10.3. The van der Waals surface area contributed by atoms with Gasteiger partial charge in [0.1, 0.15) is 6.61 Å². The van der Waals surface area contributed by atoms with Crippen molar-refractivity contribution in [1.29, 1.82) is 0 Å². The topological polar surface area (TPSA) is 104 Å². The van der Waals surface area contributed by atoms with Crippen LogP contribution >= 0.6 is 11.8 Å². The number of rotatable bonds is 6. The van der Waals surface area contributed by atoms with Crippen molar-refractivity contribution in [2.45, 2.75) is 25.1 Å². The molecule has 3 N–H and O–H groups in total. The van der Waals surface area contributed by atoms with Gasteiger partial charge in [0.2, 0.25) is 0 Å². The lowest BCUT2D eigenvalue weighted by atomic mass is 9.95. The molecule has 8 nitrogen and oxygen atoms in total. The molecule has 0 unspecified atom stereocenters. The van der Waals surface area contributed by atoms with Crippen LogP contribution in [0.1, 0.15) is 22.9 Å². The van der Waals surface area contributed by atoms with Crippen LogP contribution in [0.3, 0.4) is 0 Å². The van der Waals surface area contributed by atoms with E-state index in [1.54, 1.807) is 0 Å². The number of carbonyl (C=O) groups excluding carboxylic acids is 2. The number of methoxy groups -OCH3 is 1. The number of carbonyl (C=O) groups is 2. The maximum atomic E-state index is 12.6. The van der Waals surface area contributed by atoms with Crippen molar-refractivity contribution in [1.82, 2.24) is 15.4 Å². The normalized spacial score (nSPS) is 16.9. The van der Waals surface area contributed by atoms with Gasteiger partial charge in [-0.3, -0.25) is 0 Å². The van der Waals surface area contributed by atoms with Gasteiger partial charge in [-0.25, -0.2) is 9.59 Å². The predicted octanol–water partition coefficient (Wildman–Crippen LogP) is 4.25. The molecule has 2 atom stereocenters. The van der Waals surface area contributed by atoms with Gasteiger partial charge in [0.05, 0.1) is 19.2 Å². The average Bonchev–Trinajstić information content (AvgIpc) is 3.19. The summed E-state index contributed by atoms with van der Waals surface area (Å²) in [5.74, 6) is 0.198. The van der Waals surface area contributed by atoms with Crippen molar-refractivity contribution in [2.75, 3.05) is 19.4 Å². The number of hydrogen-bond donors (Lipinski definition) is 3. The van der Waals surface area contributed by atoms with Crippen LogP contribution in [-0.4, -0.2) is 52.1 Å². The number of H-pyrrole nitrogens is 1. The number of aromatic nitrogens is 1. The number of alkyl carbamates (subject to hydrolysis) is 1. The third-order valence-corrected chi connectivity index (χ3v) is 6.43. The van der Waals surface area contributed by atoms with Crippen LogP contribution in [0.2, 0.25) is 0 Å². The van der Waals surface area contributed by atoms with Gasteiger partial charge in [0.15, 0.2) is 0 Å². The van der Waals surface area contributed by atoms with Crippen LogP contribution in [0.25, 0.3) is 10.9 Å². The molecule has 0 spiro atoms. The van der Waals surface area contributed by atoms with Gasteiger partial charge in [0.25, 0.3) is 0 Å². The minimum absolute atomic E-state index is 0.120. The van der Waals surface area contributed by atoms with E-state index in [4.69, 9.17) is 9.47 Å². The molecule has 0 saturated carbocycles. The molecular formula is C23H25N3O5S. The molecule has 1 aromatic heterocycles. The number of hydrogen-bond acceptors (Lipinski definition) is 7. The molecule has 4 rings (SSSR count). The van der Waals surface area contributed by atoms with E-state index in [0.29, 0.717) is 13.0 Å². The van der Waals surface area contributed by atoms with E-state index in [9.17, 15) is 14.8 Å². The van der Waals surface area contributed by atoms with E-state index in [-0.39, 0.29) is 12.4 Å². The zero-order valence-corrected chi connectivity index (χ0v) is 18.4. The summed E-state index contributed by atoms with van der Waals surface area (Å²) in [6.07, 6.45) is 0.0442. The number of ether oxygens (including phenoxy) is 2. The zero-order valence-electron chi connectivity index (χ0n) is 17.6. The molecule has 0 bridgehead atoms. The number of fused-ring (bicyclic) bond motifs is 3. The third kappa shape index (κ3) is 4.90. The lowest BCUT2D eigenvalue weighted by molar-refractivity contribution is -0.140. The highest BCUT2D eigenvalue weighted by molar-refractivity contribution is 8.13. The van der Waals surface area contributed by atoms with Gasteiger partial charge in [-0.2, -0.15) is 5.06 Å². The van der Waals surface area contributed by atoms with Gasteiger partial charge in [-0.15, -0.1) is 0 Å². The Hall–Kier alpha value is -3.01. The molecule has 32 heavy (non-hydrogen) atoms. The molecule has 1 amide bonds. The van der Waals surface area contributed by atoms with Gasteiger partial charge < -0.3 is 25.0 Å². The quantitative estimate of drug-likeness (QED) is 0.477. The van der Waals surface area contributed by atoms with E-state index in [1.165, 1.54) is 12.2 Å². The van der Waals surface area contributed by atoms with E-state index in [0.717, 1.165) is 39.5 Å². The van der Waals surface area contributed by atoms with Crippen LogP contribution < -0.4 is 5.32 Å². The van der Waals surface area contributed by atoms with Crippen LogP contribution in [0, 0.1) is 0 Å². The fourth-order valence-corrected chi connectivity index (χ4v) is 4.71. The number of nitrogens with zero attached hydrogens (tertiary/aromatic N) is 1. The van der Waals surface area contributed by atoms with Crippen LogP contribution in [0.4, 0.5) is 9.59 Å². The summed E-state index contributed by atoms with van der Waals surface area (Å²) in [5.41, 5.74) is 3.74. The molecule has 0 saturated heterocycles. The third-order valence-electron chi connectivity index (χ3n) is 5.50. The fourth-order valence-electron chi connectivity index (χ4n) is 4.01. The van der Waals surface area contributed by atoms with Crippen molar-refractivity contribution in [3.05, 3.63) is 71.4 Å². The Labute approximate surface area is 189 Å². The lowest BCUT2D eigenvalue weighted by Gasteiger charge is -2.36. The number of benzene rings is 2. The molecule has 0 fully saturated rings. The standard InChI is InChI=1S/C23H25N3O5S/c1-30-23(28)32-14-19(25-22(27)31-13-15-7-3-2-4-8-15)21-20-17(11-12-26(21)29)16-9-5-6-10-18(16)24-20/h2-10,19,21,24,29H,11-14H2,1H3,(H,25,27)/t19-,21-/m0/s1. The highest BCUT2D eigenvalue weighted by atomic mass is 32.2. The van der Waals surface area contributed by atoms with Crippen LogP contribution in [0.15, 0.2) is 54.6 Å². The molecule has 1 aliphatic heterocycles. The highest BCUT2D eigenvalue weighted by Crippen LogP contribution is 2.36. The van der Waals surface area contributed by atoms with Crippen molar-refractivity contribution >= 4 is 34.1 Å². The van der Waals surface area contributed by atoms with Gasteiger partial charge >= 0.3 is 11.4 Å². The summed E-state index contributed by atoms with van der Waals surface area (Å²) in [4.78, 5) is 27.8. The first-order chi connectivity index (χ1) is 15.6. The molecule has 168 valence electrons. The first-order valence-corrected chi connectivity index (χ1v) is 11.3. The van der Waals surface area contributed by atoms with Gasteiger partial charge in [-0.05, 0) is 35.4 Å². The Morgan fingerprint density at radius 3 is 2.75 bits per heavy atom. The lowest BCUT2D eigenvalue weighted by Crippen LogP contribution is -2.49. The van der Waals surface area contributed by atoms with E-state index in [1.807, 2.05) is 54.6 Å². The van der Waals surface area contributed by atoms with Crippen LogP contribution in [-0.2, 0) is 22.5 Å². The van der Waals surface area contributed by atoms with E-state index in [2.05, 4.69) is 10.3 Å². The Kier molecular flexibility index (Phi) is 6.99. The molecule has 9 heteroatoms. The monoisotopic (exact) mass is 455 g/mol. The fraction of sp³-hybridized carbons (Fsp3) is 0.304. The largest absolute Gasteiger partial charge is 0.461 e. The second-order valence-electron chi connectivity index (χ2n) is 7.50. The molecular weight excluding hydrogens is 430 g/mol. The maximum Gasteiger partial charge on any atom is 0.407 e. The summed E-state index contributed by atoms with van der Waals surface area (Å²) < 4.78 is 10.1. The predicted molar refractivity (Wildman–Crippen MR) is 122 cm³/mol. The second kappa shape index (κ2) is 10.1. The Balaban J connectivity index is 1.57. The molecule has 0 radical (unpaired) electrons. The molecule has 0 aliphatic carbocycles. The summed E-state index contributed by atoms with van der Waals surface area (Å²) in [7, 11) is 1.31. The van der Waals surface area contributed by atoms with Crippen molar-refractivity contribution in [2.24, 2.45) is 0 Å². The smallest absolute Gasteiger partial charge is 0.407 e. The number of amides is 1. The average molecular weight is 456 g/mol. The Morgan fingerprint density at radius 2 is 1.97 bits per heavy atom. The molecule has 1 aliphatic rings. The van der Waals surface area contributed by atoms with E-state index < -0.39 is 23.5 Å². The molecule has 3 aromatic rings. The molecule has 2 heterocycles. The number of hydroxylamine groups is 2. The second-order valence-corrected chi connectivity index (χ2v) is 8.45. The van der Waals surface area contributed by atoms with Crippen molar-refractivity contribution < 1.29 is 24.3 Å². The summed E-state index contributed by atoms with van der Waals surface area (Å²) >= 11 is 0.935. The van der Waals surface area contributed by atoms with Gasteiger partial charge in [-0.1, -0.05) is 48.5 Å². The van der Waals surface area contributed by atoms with Crippen molar-refractivity contribution in [3.8, 4) is 0 Å². The highest BCUT2D eigenvalue weighted by Gasteiger charge is 2.37. The Bertz CT molecular complexity index is 1090. The minimum atomic E-state index is -0.624. The van der Waals surface area contributed by atoms with Crippen LogP contribution in [0.5, 0.6) is 0 Å². The summed E-state index contributed by atoms with van der Waals surface area (Å²) in [6.45, 7) is 0.522. The number of aromatic amines is 1. The molecule has 2 aromatic carbocycles. The first kappa shape index (κ1) is 22.2. The van der Waals surface area contributed by atoms with E-state index >= 15 is 0 Å². The van der Waals surface area contributed by atoms with Gasteiger partial charge in [0, 0.05) is 28.9 Å². The minimum Gasteiger partial charge on any atom is -0.461 e. The number of thioether (sulfide) groups is 1. The number of nitrogens with one attached hydrogen (secondary N) is 2. The zero-order chi connectivity index (χ0) is 22.5.